The van der Waals surface area contributed by atoms with Crippen molar-refractivity contribution in [3.05, 3.63) is 59.4 Å². The van der Waals surface area contributed by atoms with E-state index in [0.717, 1.165) is 29.9 Å². The lowest BCUT2D eigenvalue weighted by Gasteiger charge is -2.59. The van der Waals surface area contributed by atoms with Crippen LogP contribution in [0.25, 0.3) is 0 Å². The summed E-state index contributed by atoms with van der Waals surface area (Å²) in [5.74, 6) is 4.01. The highest BCUT2D eigenvalue weighted by Crippen LogP contribution is 2.61. The van der Waals surface area contributed by atoms with E-state index in [1.54, 1.807) is 19.2 Å². The number of hydrogen-bond donors (Lipinski definition) is 1. The van der Waals surface area contributed by atoms with Crippen LogP contribution in [-0.2, 0) is 13.2 Å². The van der Waals surface area contributed by atoms with Crippen LogP contribution in [0.15, 0.2) is 42.5 Å². The molecular formula is C27H35ClFNO2. The highest BCUT2D eigenvalue weighted by Gasteiger charge is 2.52. The van der Waals surface area contributed by atoms with Crippen LogP contribution in [0.5, 0.6) is 11.5 Å². The van der Waals surface area contributed by atoms with Crippen LogP contribution in [0.3, 0.4) is 0 Å². The first-order valence-corrected chi connectivity index (χ1v) is 11.8. The van der Waals surface area contributed by atoms with Gasteiger partial charge in [0.2, 0.25) is 0 Å². The molecule has 0 aliphatic heterocycles. The third kappa shape index (κ3) is 4.49. The third-order valence-corrected chi connectivity index (χ3v) is 8.21. The van der Waals surface area contributed by atoms with E-state index >= 15 is 0 Å². The Kier molecular flexibility index (Phi) is 7.02. The maximum absolute atomic E-state index is 14.1. The maximum atomic E-state index is 14.1. The molecule has 0 heterocycles. The lowest BCUT2D eigenvalue weighted by molar-refractivity contribution is -0.0706. The van der Waals surface area contributed by atoms with Crippen LogP contribution in [-0.4, -0.2) is 13.2 Å². The lowest BCUT2D eigenvalue weighted by atomic mass is 9.48. The molecule has 0 saturated heterocycles. The van der Waals surface area contributed by atoms with Gasteiger partial charge in [-0.2, -0.15) is 0 Å². The van der Waals surface area contributed by atoms with Crippen LogP contribution in [0.2, 0.25) is 0 Å². The molecule has 2 aromatic carbocycles. The second kappa shape index (κ2) is 9.61. The van der Waals surface area contributed by atoms with Gasteiger partial charge >= 0.3 is 0 Å². The van der Waals surface area contributed by atoms with Gasteiger partial charge in [-0.25, -0.2) is 4.39 Å². The molecule has 0 amide bonds. The second-order valence-electron chi connectivity index (χ2n) is 10.2. The Labute approximate surface area is 197 Å². The largest absolute Gasteiger partial charge is 0.493 e. The van der Waals surface area contributed by atoms with Crippen molar-refractivity contribution in [1.82, 2.24) is 5.32 Å². The van der Waals surface area contributed by atoms with Gasteiger partial charge in [0.25, 0.3) is 0 Å². The van der Waals surface area contributed by atoms with E-state index < -0.39 is 0 Å². The predicted molar refractivity (Wildman–Crippen MR) is 128 cm³/mol. The van der Waals surface area contributed by atoms with Crippen LogP contribution < -0.4 is 14.8 Å². The molecule has 1 N–H and O–H groups in total. The van der Waals surface area contributed by atoms with Gasteiger partial charge in [0.15, 0.2) is 11.5 Å². The van der Waals surface area contributed by atoms with Crippen LogP contribution in [0.4, 0.5) is 4.39 Å². The second-order valence-corrected chi connectivity index (χ2v) is 10.2. The van der Waals surface area contributed by atoms with E-state index in [1.165, 1.54) is 44.6 Å². The molecule has 6 rings (SSSR count). The van der Waals surface area contributed by atoms with Crippen LogP contribution >= 0.6 is 12.4 Å². The fraction of sp³-hybridized carbons (Fsp3) is 0.556. The van der Waals surface area contributed by atoms with Gasteiger partial charge < -0.3 is 14.8 Å². The molecule has 3 nitrogen and oxygen atoms in total. The summed E-state index contributed by atoms with van der Waals surface area (Å²) in [5, 5.41) is 3.85. The van der Waals surface area contributed by atoms with Crippen molar-refractivity contribution in [2.24, 2.45) is 23.2 Å². The fourth-order valence-corrected chi connectivity index (χ4v) is 6.98. The molecule has 1 atom stereocenters. The average Bonchev–Trinajstić information content (AvgIpc) is 2.76. The zero-order valence-electron chi connectivity index (χ0n) is 19.1. The zero-order valence-corrected chi connectivity index (χ0v) is 19.9. The number of methoxy groups -OCH3 is 1. The van der Waals surface area contributed by atoms with Crippen molar-refractivity contribution in [3.8, 4) is 11.5 Å². The molecule has 1 unspecified atom stereocenters. The van der Waals surface area contributed by atoms with Crippen molar-refractivity contribution < 1.29 is 13.9 Å². The average molecular weight is 460 g/mol. The Bertz CT molecular complexity index is 898. The quantitative estimate of drug-likeness (QED) is 0.486. The van der Waals surface area contributed by atoms with Gasteiger partial charge in [0.05, 0.1) is 7.11 Å². The van der Waals surface area contributed by atoms with Gasteiger partial charge in [-0.05, 0) is 80.8 Å². The molecule has 0 aromatic heterocycles. The summed E-state index contributed by atoms with van der Waals surface area (Å²) >= 11 is 0. The van der Waals surface area contributed by atoms with Crippen molar-refractivity contribution in [1.29, 1.82) is 0 Å². The Morgan fingerprint density at radius 1 is 0.969 bits per heavy atom. The predicted octanol–water partition coefficient (Wildman–Crippen LogP) is 6.53. The van der Waals surface area contributed by atoms with Crippen molar-refractivity contribution in [2.75, 3.05) is 7.11 Å². The summed E-state index contributed by atoms with van der Waals surface area (Å²) in [7, 11) is 1.65. The van der Waals surface area contributed by atoms with E-state index in [1.807, 2.05) is 18.2 Å². The number of para-hydroxylation sites is 1. The molecule has 5 heteroatoms. The number of nitrogens with one attached hydrogen (secondary N) is 1. The van der Waals surface area contributed by atoms with Crippen molar-refractivity contribution in [3.63, 3.8) is 0 Å². The molecule has 4 aliphatic carbocycles. The summed E-state index contributed by atoms with van der Waals surface area (Å²) in [5.41, 5.74) is 2.07. The van der Waals surface area contributed by atoms with E-state index in [9.17, 15) is 4.39 Å². The Balaban J connectivity index is 0.00000245. The molecule has 4 bridgehead atoms. The minimum atomic E-state index is -0.243. The number of benzene rings is 2. The lowest BCUT2D eigenvalue weighted by Crippen LogP contribution is -2.54. The fourth-order valence-electron chi connectivity index (χ4n) is 6.98. The first kappa shape index (κ1) is 23.4. The summed E-state index contributed by atoms with van der Waals surface area (Å²) in [6.45, 7) is 3.30. The summed E-state index contributed by atoms with van der Waals surface area (Å²) < 4.78 is 25.7. The standard InChI is InChI=1S/C27H34FNO2.ClH/c1-18(27-13-19-10-20(14-27)12-21(11-19)15-27)29-16-22-7-5-9-25(30-2)26(22)31-17-23-6-3-4-8-24(23)28;/h3-9,18-21,29H,10-17H2,1-2H3;1H. The van der Waals surface area contributed by atoms with Crippen molar-refractivity contribution in [2.45, 2.75) is 64.6 Å². The van der Waals surface area contributed by atoms with Crippen molar-refractivity contribution >= 4 is 12.4 Å². The Morgan fingerprint density at radius 3 is 2.22 bits per heavy atom. The minimum absolute atomic E-state index is 0. The van der Waals surface area contributed by atoms with Gasteiger partial charge in [-0.1, -0.05) is 30.3 Å². The Hall–Kier alpha value is -1.78. The van der Waals surface area contributed by atoms with Gasteiger partial charge in [-0.3, -0.25) is 0 Å². The van der Waals surface area contributed by atoms with Gasteiger partial charge in [0.1, 0.15) is 12.4 Å². The smallest absolute Gasteiger partial charge is 0.166 e. The maximum Gasteiger partial charge on any atom is 0.166 e. The minimum Gasteiger partial charge on any atom is -0.493 e. The topological polar surface area (TPSA) is 30.5 Å². The van der Waals surface area contributed by atoms with Gasteiger partial charge in [0, 0.05) is 23.7 Å². The SMILES string of the molecule is COc1cccc(CNC(C)C23CC4CC(CC(C4)C2)C3)c1OCc1ccccc1F.Cl. The molecule has 32 heavy (non-hydrogen) atoms. The third-order valence-electron chi connectivity index (χ3n) is 8.21. The molecule has 174 valence electrons. The van der Waals surface area contributed by atoms with E-state index in [2.05, 4.69) is 18.3 Å². The molecule has 4 fully saturated rings. The first-order chi connectivity index (χ1) is 15.1. The molecule has 2 aromatic rings. The summed E-state index contributed by atoms with van der Waals surface area (Å²) in [4.78, 5) is 0. The van der Waals surface area contributed by atoms with Crippen LogP contribution in [0, 0.1) is 29.0 Å². The van der Waals surface area contributed by atoms with E-state index in [0.29, 0.717) is 28.5 Å². The monoisotopic (exact) mass is 459 g/mol. The normalized spacial score (nSPS) is 28.8. The molecule has 4 saturated carbocycles. The summed E-state index contributed by atoms with van der Waals surface area (Å²) in [6.07, 6.45) is 8.58. The zero-order chi connectivity index (χ0) is 21.4. The van der Waals surface area contributed by atoms with E-state index in [-0.39, 0.29) is 24.8 Å². The van der Waals surface area contributed by atoms with Gasteiger partial charge in [-0.15, -0.1) is 12.4 Å². The molecule has 4 aliphatic rings. The molecule has 0 radical (unpaired) electrons. The number of rotatable bonds is 8. The molecular weight excluding hydrogens is 425 g/mol. The van der Waals surface area contributed by atoms with Crippen LogP contribution in [0.1, 0.15) is 56.6 Å². The van der Waals surface area contributed by atoms with E-state index in [4.69, 9.17) is 9.47 Å². The molecule has 0 spiro atoms. The number of hydrogen-bond acceptors (Lipinski definition) is 3. The number of halogens is 2. The highest BCUT2D eigenvalue weighted by molar-refractivity contribution is 5.85. The number of ether oxygens (including phenoxy) is 2. The highest BCUT2D eigenvalue weighted by atomic mass is 35.5. The summed E-state index contributed by atoms with van der Waals surface area (Å²) in [6, 6.07) is 13.2. The Morgan fingerprint density at radius 2 is 1.59 bits per heavy atom. The first-order valence-electron chi connectivity index (χ1n) is 11.8.